The van der Waals surface area contributed by atoms with E-state index in [1.54, 1.807) is 7.11 Å². The number of ether oxygens (including phenoxy) is 4. The van der Waals surface area contributed by atoms with Gasteiger partial charge in [-0.25, -0.2) is 0 Å². The number of methoxy groups -OCH3 is 1. The van der Waals surface area contributed by atoms with Gasteiger partial charge in [0.15, 0.2) is 13.1 Å². The van der Waals surface area contributed by atoms with Gasteiger partial charge >= 0.3 is 5.97 Å². The largest absolute Gasteiger partial charge is 0.467 e. The molecular formula is C31H36O5. The Morgan fingerprint density at radius 1 is 0.972 bits per heavy atom. The monoisotopic (exact) mass is 488 g/mol. The number of rotatable bonds is 8. The SMILES string of the molecule is COC(C)OCOc1ccc(C#Cc2ccc(COC(C)=O)cc2)cc1C12CC3CC(CC(C3)C1)C2. The van der Waals surface area contributed by atoms with E-state index in [0.29, 0.717) is 0 Å². The molecule has 4 bridgehead atoms. The molecule has 36 heavy (non-hydrogen) atoms. The van der Waals surface area contributed by atoms with Crippen molar-refractivity contribution in [1.29, 1.82) is 0 Å². The average molecular weight is 489 g/mol. The first-order chi connectivity index (χ1) is 17.4. The van der Waals surface area contributed by atoms with Gasteiger partial charge in [-0.15, -0.1) is 0 Å². The number of carbonyl (C=O) groups excluding carboxylic acids is 1. The lowest BCUT2D eigenvalue weighted by molar-refractivity contribution is -0.150. The molecule has 4 aliphatic carbocycles. The molecule has 190 valence electrons. The molecule has 0 heterocycles. The summed E-state index contributed by atoms with van der Waals surface area (Å²) in [6.45, 7) is 3.73. The Kier molecular flexibility index (Phi) is 7.37. The minimum Gasteiger partial charge on any atom is -0.467 e. The lowest BCUT2D eigenvalue weighted by atomic mass is 9.48. The van der Waals surface area contributed by atoms with Gasteiger partial charge in [0.25, 0.3) is 0 Å². The van der Waals surface area contributed by atoms with Crippen molar-refractivity contribution >= 4 is 5.97 Å². The Balaban J connectivity index is 1.39. The molecule has 0 aliphatic heterocycles. The van der Waals surface area contributed by atoms with Gasteiger partial charge in [0, 0.05) is 30.7 Å². The number of hydrogen-bond acceptors (Lipinski definition) is 5. The third-order valence-electron chi connectivity index (χ3n) is 8.19. The smallest absolute Gasteiger partial charge is 0.302 e. The molecule has 4 saturated carbocycles. The molecule has 2 aromatic rings. The number of esters is 1. The second kappa shape index (κ2) is 10.7. The van der Waals surface area contributed by atoms with Crippen molar-refractivity contribution in [2.24, 2.45) is 17.8 Å². The summed E-state index contributed by atoms with van der Waals surface area (Å²) < 4.78 is 22.1. The van der Waals surface area contributed by atoms with E-state index in [9.17, 15) is 4.79 Å². The highest BCUT2D eigenvalue weighted by Crippen LogP contribution is 2.61. The summed E-state index contributed by atoms with van der Waals surface area (Å²) in [5.41, 5.74) is 4.38. The summed E-state index contributed by atoms with van der Waals surface area (Å²) in [5, 5.41) is 0. The maximum Gasteiger partial charge on any atom is 0.302 e. The van der Waals surface area contributed by atoms with Crippen LogP contribution in [-0.4, -0.2) is 26.2 Å². The van der Waals surface area contributed by atoms with Crippen LogP contribution in [0.5, 0.6) is 5.75 Å². The molecule has 1 unspecified atom stereocenters. The van der Waals surface area contributed by atoms with Gasteiger partial charge < -0.3 is 18.9 Å². The first-order valence-corrected chi connectivity index (χ1v) is 13.1. The van der Waals surface area contributed by atoms with Gasteiger partial charge in [-0.3, -0.25) is 4.79 Å². The highest BCUT2D eigenvalue weighted by Gasteiger charge is 2.52. The maximum absolute atomic E-state index is 11.0. The van der Waals surface area contributed by atoms with Gasteiger partial charge in [0.1, 0.15) is 12.4 Å². The summed E-state index contributed by atoms with van der Waals surface area (Å²) in [6, 6.07) is 14.2. The summed E-state index contributed by atoms with van der Waals surface area (Å²) in [7, 11) is 1.63. The van der Waals surface area contributed by atoms with Crippen molar-refractivity contribution in [2.45, 2.75) is 70.7 Å². The molecule has 6 rings (SSSR count). The Hall–Kier alpha value is -2.81. The quantitative estimate of drug-likeness (QED) is 0.261. The second-order valence-corrected chi connectivity index (χ2v) is 10.9. The maximum atomic E-state index is 11.0. The molecule has 1 atom stereocenters. The molecule has 0 aromatic heterocycles. The minimum atomic E-state index is -0.307. The normalized spacial score (nSPS) is 26.7. The summed E-state index contributed by atoms with van der Waals surface area (Å²) in [5.74, 6) is 9.84. The molecule has 0 spiro atoms. The van der Waals surface area contributed by atoms with Gasteiger partial charge in [0.05, 0.1) is 0 Å². The molecule has 2 aromatic carbocycles. The van der Waals surface area contributed by atoms with Crippen LogP contribution < -0.4 is 4.74 Å². The lowest BCUT2D eigenvalue weighted by Crippen LogP contribution is -2.48. The highest BCUT2D eigenvalue weighted by atomic mass is 16.7. The van der Waals surface area contributed by atoms with Gasteiger partial charge in [-0.05, 0) is 105 Å². The Morgan fingerprint density at radius 2 is 1.58 bits per heavy atom. The van der Waals surface area contributed by atoms with Crippen LogP contribution in [-0.2, 0) is 31.0 Å². The van der Waals surface area contributed by atoms with E-state index in [1.807, 2.05) is 37.3 Å². The van der Waals surface area contributed by atoms with Crippen LogP contribution in [0.4, 0.5) is 0 Å². The number of carbonyl (C=O) groups is 1. The molecule has 0 N–H and O–H groups in total. The zero-order chi connectivity index (χ0) is 25.1. The number of benzene rings is 2. The zero-order valence-corrected chi connectivity index (χ0v) is 21.5. The molecule has 0 radical (unpaired) electrons. The number of hydrogen-bond donors (Lipinski definition) is 0. The minimum absolute atomic E-state index is 0.166. The van der Waals surface area contributed by atoms with E-state index in [2.05, 4.69) is 24.0 Å². The first kappa shape index (κ1) is 24.9. The predicted molar refractivity (Wildman–Crippen MR) is 137 cm³/mol. The second-order valence-electron chi connectivity index (χ2n) is 10.9. The van der Waals surface area contributed by atoms with Crippen LogP contribution in [0, 0.1) is 29.6 Å². The Labute approximate surface area is 214 Å². The van der Waals surface area contributed by atoms with Crippen molar-refractivity contribution in [3.05, 3.63) is 64.7 Å². The molecule has 5 nitrogen and oxygen atoms in total. The predicted octanol–water partition coefficient (Wildman–Crippen LogP) is 5.96. The van der Waals surface area contributed by atoms with Crippen molar-refractivity contribution in [3.63, 3.8) is 0 Å². The fourth-order valence-corrected chi connectivity index (χ4v) is 6.86. The van der Waals surface area contributed by atoms with Gasteiger partial charge in [-0.2, -0.15) is 0 Å². The van der Waals surface area contributed by atoms with E-state index < -0.39 is 0 Å². The Morgan fingerprint density at radius 3 is 2.19 bits per heavy atom. The molecule has 0 saturated heterocycles. The van der Waals surface area contributed by atoms with E-state index in [0.717, 1.165) is 40.2 Å². The molecule has 5 heteroatoms. The van der Waals surface area contributed by atoms with E-state index >= 15 is 0 Å². The van der Waals surface area contributed by atoms with E-state index in [4.69, 9.17) is 18.9 Å². The van der Waals surface area contributed by atoms with Gasteiger partial charge in [-0.1, -0.05) is 24.0 Å². The molecule has 4 aliphatic rings. The zero-order valence-electron chi connectivity index (χ0n) is 21.5. The molecule has 4 fully saturated rings. The summed E-state index contributed by atoms with van der Waals surface area (Å²) in [6.07, 6.45) is 7.66. The van der Waals surface area contributed by atoms with Crippen LogP contribution in [0.25, 0.3) is 0 Å². The molecule has 0 amide bonds. The van der Waals surface area contributed by atoms with Crippen LogP contribution in [0.15, 0.2) is 42.5 Å². The third-order valence-corrected chi connectivity index (χ3v) is 8.19. The topological polar surface area (TPSA) is 54.0 Å². The van der Waals surface area contributed by atoms with Crippen LogP contribution in [0.3, 0.4) is 0 Å². The van der Waals surface area contributed by atoms with E-state index in [1.165, 1.54) is 51.0 Å². The summed E-state index contributed by atoms with van der Waals surface area (Å²) >= 11 is 0. The lowest BCUT2D eigenvalue weighted by Gasteiger charge is -2.57. The fraction of sp³-hybridized carbons (Fsp3) is 0.516. The van der Waals surface area contributed by atoms with Crippen LogP contribution >= 0.6 is 0 Å². The van der Waals surface area contributed by atoms with Gasteiger partial charge in [0.2, 0.25) is 0 Å². The van der Waals surface area contributed by atoms with Crippen molar-refractivity contribution in [3.8, 4) is 17.6 Å². The fourth-order valence-electron chi connectivity index (χ4n) is 6.86. The highest BCUT2D eigenvalue weighted by molar-refractivity contribution is 5.65. The van der Waals surface area contributed by atoms with E-state index in [-0.39, 0.29) is 31.1 Å². The van der Waals surface area contributed by atoms with Crippen LogP contribution in [0.1, 0.15) is 74.6 Å². The van der Waals surface area contributed by atoms with Crippen molar-refractivity contribution in [2.75, 3.05) is 13.9 Å². The van der Waals surface area contributed by atoms with Crippen molar-refractivity contribution < 1.29 is 23.7 Å². The van der Waals surface area contributed by atoms with Crippen molar-refractivity contribution in [1.82, 2.24) is 0 Å². The first-order valence-electron chi connectivity index (χ1n) is 13.1. The standard InChI is InChI=1S/C31H36O5/c1-21(32)34-19-25-8-5-23(6-9-25)4-7-24-10-11-30(36-20-35-22(2)33-3)29(15-24)31-16-26-12-27(17-31)14-28(13-26)18-31/h5-6,8-11,15,22,26-28H,12-14,16-20H2,1-3H3. The average Bonchev–Trinajstić information content (AvgIpc) is 2.86. The third kappa shape index (κ3) is 5.61. The van der Waals surface area contributed by atoms with Crippen LogP contribution in [0.2, 0.25) is 0 Å². The summed E-state index contributed by atoms with van der Waals surface area (Å²) in [4.78, 5) is 11.0. The Bertz CT molecular complexity index is 1100. The molecular weight excluding hydrogens is 452 g/mol.